The molecule has 0 fully saturated rings. The van der Waals surface area contributed by atoms with Crippen LogP contribution in [0.2, 0.25) is 0 Å². The summed E-state index contributed by atoms with van der Waals surface area (Å²) in [6.45, 7) is 6.80. The highest BCUT2D eigenvalue weighted by Gasteiger charge is 2.15. The van der Waals surface area contributed by atoms with E-state index in [0.29, 0.717) is 5.56 Å². The predicted octanol–water partition coefficient (Wildman–Crippen LogP) is 2.47. The molecule has 0 amide bonds. The maximum absolute atomic E-state index is 9.55. The monoisotopic (exact) mass is 211 g/mol. The van der Waals surface area contributed by atoms with Crippen molar-refractivity contribution in [1.29, 1.82) is 5.26 Å². The number of nitrogens with zero attached hydrogens (tertiary/aromatic N) is 3. The van der Waals surface area contributed by atoms with Crippen LogP contribution in [0.3, 0.4) is 0 Å². The topological polar surface area (TPSA) is 74.4 Å². The second kappa shape index (κ2) is 3.76. The highest BCUT2D eigenvalue weighted by Crippen LogP contribution is 2.32. The summed E-state index contributed by atoms with van der Waals surface area (Å²) in [4.78, 5) is 6.86. The van der Waals surface area contributed by atoms with Crippen LogP contribution in [-0.4, -0.2) is 10.1 Å². The van der Waals surface area contributed by atoms with Crippen molar-refractivity contribution in [1.82, 2.24) is 4.98 Å². The molecule has 0 saturated carbocycles. The van der Waals surface area contributed by atoms with Crippen molar-refractivity contribution in [3.63, 3.8) is 0 Å². The van der Waals surface area contributed by atoms with Gasteiger partial charge in [-0.25, -0.2) is 4.98 Å². The molecule has 0 radical (unpaired) electrons. The number of benzene rings is 1. The summed E-state index contributed by atoms with van der Waals surface area (Å²) >= 11 is 0. The number of phenolic OH excluding ortho intramolecular Hbond substituents is 1. The molecule has 0 aliphatic heterocycles. The van der Waals surface area contributed by atoms with Crippen LogP contribution < -0.4 is 0 Å². The van der Waals surface area contributed by atoms with Gasteiger partial charge in [-0.05, 0) is 12.1 Å². The van der Waals surface area contributed by atoms with Crippen molar-refractivity contribution in [2.45, 2.75) is 0 Å². The Bertz CT molecular complexity index is 585. The summed E-state index contributed by atoms with van der Waals surface area (Å²) in [7, 11) is 0. The van der Waals surface area contributed by atoms with Gasteiger partial charge in [-0.15, -0.1) is 0 Å². The molecule has 16 heavy (non-hydrogen) atoms. The first-order chi connectivity index (χ1) is 7.76. The Labute approximate surface area is 91.0 Å². The quantitative estimate of drug-likeness (QED) is 0.735. The standard InChI is InChI=1S/C11H5N3O2/c1-13-11-8(6-12)14-10(16-11)7-4-2-3-5-9(7)15/h2-5,15H. The summed E-state index contributed by atoms with van der Waals surface area (Å²) in [5, 5.41) is 18.2. The summed E-state index contributed by atoms with van der Waals surface area (Å²) in [5.41, 5.74) is 0.280. The molecule has 76 valence electrons. The molecule has 0 saturated heterocycles. The van der Waals surface area contributed by atoms with Gasteiger partial charge in [0.15, 0.2) is 5.69 Å². The zero-order valence-corrected chi connectivity index (χ0v) is 8.01. The van der Waals surface area contributed by atoms with Crippen molar-refractivity contribution in [2.75, 3.05) is 0 Å². The summed E-state index contributed by atoms with van der Waals surface area (Å²) in [5.74, 6) is -0.105. The zero-order valence-electron chi connectivity index (χ0n) is 8.01. The maximum Gasteiger partial charge on any atom is 0.383 e. The van der Waals surface area contributed by atoms with Crippen molar-refractivity contribution >= 4 is 5.88 Å². The van der Waals surface area contributed by atoms with E-state index >= 15 is 0 Å². The van der Waals surface area contributed by atoms with Crippen LogP contribution in [-0.2, 0) is 0 Å². The first-order valence-electron chi connectivity index (χ1n) is 4.33. The van der Waals surface area contributed by atoms with Gasteiger partial charge < -0.3 is 9.52 Å². The van der Waals surface area contributed by atoms with E-state index < -0.39 is 0 Å². The Morgan fingerprint density at radius 3 is 2.75 bits per heavy atom. The van der Waals surface area contributed by atoms with E-state index in [1.54, 1.807) is 24.3 Å². The Kier molecular flexibility index (Phi) is 2.29. The maximum atomic E-state index is 9.55. The fraction of sp³-hybridized carbons (Fsp3) is 0. The first-order valence-corrected chi connectivity index (χ1v) is 4.33. The molecule has 1 heterocycles. The van der Waals surface area contributed by atoms with Crippen LogP contribution in [0.1, 0.15) is 5.69 Å². The minimum Gasteiger partial charge on any atom is -0.507 e. The molecule has 0 bridgehead atoms. The van der Waals surface area contributed by atoms with E-state index in [1.165, 1.54) is 6.07 Å². The third-order valence-corrected chi connectivity index (χ3v) is 1.95. The highest BCUT2D eigenvalue weighted by molar-refractivity contribution is 5.65. The largest absolute Gasteiger partial charge is 0.507 e. The lowest BCUT2D eigenvalue weighted by molar-refractivity contribution is 0.473. The van der Waals surface area contributed by atoms with Crippen molar-refractivity contribution in [2.24, 2.45) is 0 Å². The average molecular weight is 211 g/mol. The van der Waals surface area contributed by atoms with Crippen LogP contribution in [0.25, 0.3) is 16.3 Å². The van der Waals surface area contributed by atoms with Crippen molar-refractivity contribution in [3.8, 4) is 23.3 Å². The van der Waals surface area contributed by atoms with Gasteiger partial charge in [0.25, 0.3) is 0 Å². The van der Waals surface area contributed by atoms with Gasteiger partial charge >= 0.3 is 5.88 Å². The molecule has 0 aliphatic carbocycles. The molecule has 0 aliphatic rings. The van der Waals surface area contributed by atoms with Crippen LogP contribution in [0, 0.1) is 17.9 Å². The number of para-hydroxylation sites is 1. The van der Waals surface area contributed by atoms with Gasteiger partial charge in [-0.3, -0.25) is 0 Å². The highest BCUT2D eigenvalue weighted by atomic mass is 16.4. The van der Waals surface area contributed by atoms with Crippen LogP contribution >= 0.6 is 0 Å². The Balaban J connectivity index is 2.60. The fourth-order valence-electron chi connectivity index (χ4n) is 1.23. The zero-order chi connectivity index (χ0) is 11.5. The number of rotatable bonds is 1. The lowest BCUT2D eigenvalue weighted by Crippen LogP contribution is -1.79. The molecule has 1 aromatic heterocycles. The molecule has 0 atom stereocenters. The predicted molar refractivity (Wildman–Crippen MR) is 54.6 cm³/mol. The van der Waals surface area contributed by atoms with Gasteiger partial charge in [-0.2, -0.15) is 10.1 Å². The Hall–Kier alpha value is -2.79. The molecule has 0 unspecified atom stereocenters. The molecule has 1 N–H and O–H groups in total. The van der Waals surface area contributed by atoms with Crippen molar-refractivity contribution in [3.05, 3.63) is 41.4 Å². The van der Waals surface area contributed by atoms with Gasteiger partial charge in [0.05, 0.1) is 12.1 Å². The fourth-order valence-corrected chi connectivity index (χ4v) is 1.23. The second-order valence-corrected chi connectivity index (χ2v) is 2.91. The Morgan fingerprint density at radius 2 is 2.19 bits per heavy atom. The normalized spacial score (nSPS) is 9.38. The number of aromatic hydroxyl groups is 1. The summed E-state index contributed by atoms with van der Waals surface area (Å²) < 4.78 is 5.07. The molecule has 1 aromatic carbocycles. The third kappa shape index (κ3) is 1.47. The van der Waals surface area contributed by atoms with Gasteiger partial charge in [0.2, 0.25) is 5.89 Å². The molecule has 2 aromatic rings. The second-order valence-electron chi connectivity index (χ2n) is 2.91. The van der Waals surface area contributed by atoms with Crippen LogP contribution in [0.5, 0.6) is 5.75 Å². The van der Waals surface area contributed by atoms with Gasteiger partial charge in [0.1, 0.15) is 11.8 Å². The molecule has 5 heteroatoms. The van der Waals surface area contributed by atoms with Crippen LogP contribution in [0.4, 0.5) is 5.88 Å². The average Bonchev–Trinajstić information content (AvgIpc) is 2.72. The molecule has 2 rings (SSSR count). The van der Waals surface area contributed by atoms with E-state index in [1.807, 2.05) is 0 Å². The van der Waals surface area contributed by atoms with E-state index in [4.69, 9.17) is 16.3 Å². The van der Waals surface area contributed by atoms with Gasteiger partial charge in [0, 0.05) is 0 Å². The number of oxazole rings is 1. The summed E-state index contributed by atoms with van der Waals surface area (Å²) in [6.07, 6.45) is 0. The van der Waals surface area contributed by atoms with E-state index in [9.17, 15) is 5.11 Å². The summed E-state index contributed by atoms with van der Waals surface area (Å²) in [6, 6.07) is 8.18. The number of hydrogen-bond acceptors (Lipinski definition) is 4. The number of aromatic nitrogens is 1. The van der Waals surface area contributed by atoms with Crippen LogP contribution in [0.15, 0.2) is 28.7 Å². The Morgan fingerprint density at radius 1 is 1.44 bits per heavy atom. The minimum atomic E-state index is -0.166. The smallest absolute Gasteiger partial charge is 0.383 e. The lowest BCUT2D eigenvalue weighted by Gasteiger charge is -1.97. The van der Waals surface area contributed by atoms with Gasteiger partial charge in [-0.1, -0.05) is 12.1 Å². The number of phenols is 1. The van der Waals surface area contributed by atoms with Crippen molar-refractivity contribution < 1.29 is 9.52 Å². The third-order valence-electron chi connectivity index (χ3n) is 1.95. The molecule has 5 nitrogen and oxygen atoms in total. The first kappa shape index (κ1) is 9.75. The number of nitriles is 1. The van der Waals surface area contributed by atoms with E-state index in [2.05, 4.69) is 9.83 Å². The molecular formula is C11H5N3O2. The molecular weight excluding hydrogens is 206 g/mol. The lowest BCUT2D eigenvalue weighted by atomic mass is 10.2. The minimum absolute atomic E-state index is 0.00947. The van der Waals surface area contributed by atoms with E-state index in [-0.39, 0.29) is 23.2 Å². The number of hydrogen-bond donors (Lipinski definition) is 1. The SMILES string of the molecule is [C-]#[N+]c1oc(-c2ccccc2O)nc1C#N. The van der Waals surface area contributed by atoms with E-state index in [0.717, 1.165) is 0 Å². The molecule has 0 spiro atoms.